The molecular formula is C13H21N3O2S2. The third kappa shape index (κ3) is 4.72. The van der Waals surface area contributed by atoms with Crippen LogP contribution >= 0.6 is 11.8 Å². The molecule has 1 rings (SSSR count). The number of nitrogens with one attached hydrogen (secondary N) is 1. The van der Waals surface area contributed by atoms with Crippen LogP contribution < -0.4 is 10.6 Å². The molecule has 1 aromatic rings. The molecule has 0 heterocycles. The Kier molecular flexibility index (Phi) is 5.88. The zero-order valence-corrected chi connectivity index (χ0v) is 13.6. The maximum atomic E-state index is 11.3. The summed E-state index contributed by atoms with van der Waals surface area (Å²) in [4.78, 5) is 2.78. The molecular weight excluding hydrogens is 294 g/mol. The third-order valence-electron chi connectivity index (χ3n) is 2.78. The van der Waals surface area contributed by atoms with Crippen LogP contribution in [-0.4, -0.2) is 45.6 Å². The standard InChI is InChI=1S/C13H21N3O2S2/c1-4-19-11-7-5-6-10(12(11)13(14)15)16(2)8-9-20(3,17)18/h5-7H,4,8-9H2,1-3H3,(H3,14,15). The van der Waals surface area contributed by atoms with Gasteiger partial charge < -0.3 is 10.6 Å². The molecule has 0 unspecified atom stereocenters. The predicted octanol–water partition coefficient (Wildman–Crippen LogP) is 1.56. The van der Waals surface area contributed by atoms with E-state index in [-0.39, 0.29) is 11.6 Å². The number of nitrogens with two attached hydrogens (primary N) is 1. The molecule has 0 spiro atoms. The van der Waals surface area contributed by atoms with Crippen molar-refractivity contribution >= 4 is 33.1 Å². The van der Waals surface area contributed by atoms with Crippen LogP contribution in [0.2, 0.25) is 0 Å². The molecule has 1 aromatic carbocycles. The Morgan fingerprint density at radius 1 is 1.45 bits per heavy atom. The lowest BCUT2D eigenvalue weighted by Gasteiger charge is -2.23. The Morgan fingerprint density at radius 2 is 2.10 bits per heavy atom. The van der Waals surface area contributed by atoms with Gasteiger partial charge in [-0.3, -0.25) is 5.41 Å². The highest BCUT2D eigenvalue weighted by Gasteiger charge is 2.15. The number of nitrogens with zero attached hydrogens (tertiary/aromatic N) is 1. The number of thioether (sulfide) groups is 1. The highest BCUT2D eigenvalue weighted by atomic mass is 32.2. The van der Waals surface area contributed by atoms with Crippen LogP contribution in [0.25, 0.3) is 0 Å². The van der Waals surface area contributed by atoms with Gasteiger partial charge in [0.2, 0.25) is 0 Å². The number of nitrogen functional groups attached to an aromatic ring is 1. The molecule has 20 heavy (non-hydrogen) atoms. The first-order valence-corrected chi connectivity index (χ1v) is 9.30. The van der Waals surface area contributed by atoms with Gasteiger partial charge >= 0.3 is 0 Å². The highest BCUT2D eigenvalue weighted by Crippen LogP contribution is 2.30. The van der Waals surface area contributed by atoms with Crippen molar-refractivity contribution in [2.75, 3.05) is 36.3 Å². The second-order valence-electron chi connectivity index (χ2n) is 4.55. The van der Waals surface area contributed by atoms with Crippen LogP contribution in [-0.2, 0) is 9.84 Å². The van der Waals surface area contributed by atoms with Gasteiger partial charge in [-0.05, 0) is 17.9 Å². The largest absolute Gasteiger partial charge is 0.384 e. The number of anilines is 1. The van der Waals surface area contributed by atoms with Crippen molar-refractivity contribution in [1.82, 2.24) is 0 Å². The normalized spacial score (nSPS) is 11.3. The molecule has 0 aliphatic heterocycles. The summed E-state index contributed by atoms with van der Waals surface area (Å²) in [7, 11) is -1.20. The molecule has 0 fully saturated rings. The van der Waals surface area contributed by atoms with Crippen molar-refractivity contribution in [3.8, 4) is 0 Å². The van der Waals surface area contributed by atoms with E-state index < -0.39 is 9.84 Å². The zero-order chi connectivity index (χ0) is 15.3. The second kappa shape index (κ2) is 6.99. The van der Waals surface area contributed by atoms with E-state index in [2.05, 4.69) is 0 Å². The molecule has 0 aliphatic carbocycles. The first kappa shape index (κ1) is 16.8. The van der Waals surface area contributed by atoms with E-state index in [1.165, 1.54) is 6.26 Å². The molecule has 0 aromatic heterocycles. The smallest absolute Gasteiger partial charge is 0.149 e. The minimum atomic E-state index is -3.01. The Bertz CT molecular complexity index is 585. The summed E-state index contributed by atoms with van der Waals surface area (Å²) in [6, 6.07) is 5.69. The van der Waals surface area contributed by atoms with E-state index in [0.717, 1.165) is 16.3 Å². The van der Waals surface area contributed by atoms with Crippen LogP contribution in [0.15, 0.2) is 23.1 Å². The van der Waals surface area contributed by atoms with Gasteiger partial charge in [0.05, 0.1) is 11.3 Å². The summed E-state index contributed by atoms with van der Waals surface area (Å²) in [6.07, 6.45) is 1.22. The predicted molar refractivity (Wildman–Crippen MR) is 86.8 cm³/mol. The van der Waals surface area contributed by atoms with Crippen LogP contribution in [0.1, 0.15) is 12.5 Å². The van der Waals surface area contributed by atoms with E-state index in [1.54, 1.807) is 11.8 Å². The lowest BCUT2D eigenvalue weighted by atomic mass is 10.1. The molecule has 0 saturated carbocycles. The van der Waals surface area contributed by atoms with E-state index >= 15 is 0 Å². The van der Waals surface area contributed by atoms with Crippen molar-refractivity contribution in [2.24, 2.45) is 5.73 Å². The lowest BCUT2D eigenvalue weighted by molar-refractivity contribution is 0.601. The first-order chi connectivity index (χ1) is 9.26. The third-order valence-corrected chi connectivity index (χ3v) is 4.65. The highest BCUT2D eigenvalue weighted by molar-refractivity contribution is 7.99. The fraction of sp³-hybridized carbons (Fsp3) is 0.462. The fourth-order valence-corrected chi connectivity index (χ4v) is 3.26. The summed E-state index contributed by atoms with van der Waals surface area (Å²) in [5, 5.41) is 7.76. The average Bonchev–Trinajstić information content (AvgIpc) is 2.35. The Labute approximate surface area is 125 Å². The van der Waals surface area contributed by atoms with Crippen molar-refractivity contribution in [1.29, 1.82) is 5.41 Å². The molecule has 112 valence electrons. The molecule has 0 amide bonds. The van der Waals surface area contributed by atoms with E-state index in [9.17, 15) is 8.42 Å². The number of benzene rings is 1. The SMILES string of the molecule is CCSc1cccc(N(C)CCS(C)(=O)=O)c1C(=N)N. The fourth-order valence-electron chi connectivity index (χ4n) is 1.81. The Hall–Kier alpha value is -1.21. The Balaban J connectivity index is 3.10. The molecule has 0 radical (unpaired) electrons. The van der Waals surface area contributed by atoms with Gasteiger partial charge in [0, 0.05) is 30.4 Å². The van der Waals surface area contributed by atoms with Crippen LogP contribution in [0, 0.1) is 5.41 Å². The number of hydrogen-bond donors (Lipinski definition) is 2. The lowest BCUT2D eigenvalue weighted by Crippen LogP contribution is -2.27. The summed E-state index contributed by atoms with van der Waals surface area (Å²) in [6.45, 7) is 2.41. The van der Waals surface area contributed by atoms with Crippen LogP contribution in [0.3, 0.4) is 0 Å². The van der Waals surface area contributed by atoms with E-state index in [0.29, 0.717) is 12.1 Å². The number of amidine groups is 1. The maximum Gasteiger partial charge on any atom is 0.149 e. The summed E-state index contributed by atoms with van der Waals surface area (Å²) < 4.78 is 22.5. The summed E-state index contributed by atoms with van der Waals surface area (Å²) in [5.74, 6) is 0.964. The molecule has 0 saturated heterocycles. The topological polar surface area (TPSA) is 87.2 Å². The minimum absolute atomic E-state index is 0.00255. The minimum Gasteiger partial charge on any atom is -0.384 e. The molecule has 3 N–H and O–H groups in total. The van der Waals surface area contributed by atoms with Crippen molar-refractivity contribution < 1.29 is 8.42 Å². The van der Waals surface area contributed by atoms with Gasteiger partial charge in [-0.2, -0.15) is 0 Å². The van der Waals surface area contributed by atoms with Crippen molar-refractivity contribution in [2.45, 2.75) is 11.8 Å². The van der Waals surface area contributed by atoms with Gasteiger partial charge in [-0.15, -0.1) is 11.8 Å². The van der Waals surface area contributed by atoms with E-state index in [4.69, 9.17) is 11.1 Å². The molecule has 7 heteroatoms. The van der Waals surface area contributed by atoms with Crippen molar-refractivity contribution in [3.63, 3.8) is 0 Å². The number of sulfone groups is 1. The zero-order valence-electron chi connectivity index (χ0n) is 12.0. The van der Waals surface area contributed by atoms with E-state index in [1.807, 2.05) is 37.1 Å². The maximum absolute atomic E-state index is 11.3. The Morgan fingerprint density at radius 3 is 2.60 bits per heavy atom. The molecule has 0 atom stereocenters. The molecule has 0 bridgehead atoms. The first-order valence-electron chi connectivity index (χ1n) is 6.25. The molecule has 0 aliphatic rings. The molecule has 5 nitrogen and oxygen atoms in total. The van der Waals surface area contributed by atoms with Crippen molar-refractivity contribution in [3.05, 3.63) is 23.8 Å². The summed E-state index contributed by atoms with van der Waals surface area (Å²) >= 11 is 1.62. The van der Waals surface area contributed by atoms with Crippen LogP contribution in [0.4, 0.5) is 5.69 Å². The van der Waals surface area contributed by atoms with Gasteiger partial charge in [-0.1, -0.05) is 13.0 Å². The summed E-state index contributed by atoms with van der Waals surface area (Å²) in [5.41, 5.74) is 7.16. The second-order valence-corrected chi connectivity index (χ2v) is 8.11. The van der Waals surface area contributed by atoms with Gasteiger partial charge in [0.15, 0.2) is 0 Å². The number of rotatable bonds is 7. The quantitative estimate of drug-likeness (QED) is 0.453. The average molecular weight is 315 g/mol. The van der Waals surface area contributed by atoms with Gasteiger partial charge in [0.1, 0.15) is 15.7 Å². The van der Waals surface area contributed by atoms with Gasteiger partial charge in [-0.25, -0.2) is 8.42 Å². The number of hydrogen-bond acceptors (Lipinski definition) is 5. The van der Waals surface area contributed by atoms with Gasteiger partial charge in [0.25, 0.3) is 0 Å². The van der Waals surface area contributed by atoms with Crippen LogP contribution in [0.5, 0.6) is 0 Å². The monoisotopic (exact) mass is 315 g/mol.